The van der Waals surface area contributed by atoms with Crippen LogP contribution in [0.1, 0.15) is 25.0 Å². The second-order valence-corrected chi connectivity index (χ2v) is 8.08. The Kier molecular flexibility index (Phi) is 4.78. The lowest BCUT2D eigenvalue weighted by atomic mass is 9.92. The standard InChI is InChI=1S/C25H23N3O4/c1-14(2)32-21-5-4-15(8-22(21)29-3)17-10-20-18-11-24-23(30-13-31-24)9-16(18)6-7-28(20)25(27)19(17)12-26/h4-5,8-11,14,27H,6-7,13H2,1-3H3. The summed E-state index contributed by atoms with van der Waals surface area (Å²) in [6.45, 7) is 4.75. The van der Waals surface area contributed by atoms with Gasteiger partial charge in [0.05, 0.1) is 18.9 Å². The third-order valence-corrected chi connectivity index (χ3v) is 5.78. The molecule has 2 aliphatic heterocycles. The van der Waals surface area contributed by atoms with Gasteiger partial charge in [-0.25, -0.2) is 0 Å². The molecule has 0 spiro atoms. The number of methoxy groups -OCH3 is 1. The van der Waals surface area contributed by atoms with E-state index >= 15 is 0 Å². The average Bonchev–Trinajstić information content (AvgIpc) is 3.24. The van der Waals surface area contributed by atoms with E-state index in [2.05, 4.69) is 6.07 Å². The number of nitrogens with zero attached hydrogens (tertiary/aromatic N) is 2. The number of nitriles is 1. The van der Waals surface area contributed by atoms with Gasteiger partial charge in [0, 0.05) is 17.7 Å². The number of hydrogen-bond donors (Lipinski definition) is 1. The number of benzene rings is 2. The van der Waals surface area contributed by atoms with Gasteiger partial charge in [-0.3, -0.25) is 5.41 Å². The Balaban J connectivity index is 1.70. The zero-order valence-electron chi connectivity index (χ0n) is 18.2. The summed E-state index contributed by atoms with van der Waals surface area (Å²) in [4.78, 5) is 0. The third kappa shape index (κ3) is 3.16. The van der Waals surface area contributed by atoms with Crippen molar-refractivity contribution in [3.8, 4) is 51.5 Å². The first-order valence-electron chi connectivity index (χ1n) is 10.5. The fourth-order valence-corrected chi connectivity index (χ4v) is 4.31. The highest BCUT2D eigenvalue weighted by Crippen LogP contribution is 2.42. The van der Waals surface area contributed by atoms with Crippen LogP contribution in [0.25, 0.3) is 22.4 Å². The monoisotopic (exact) mass is 429 g/mol. The van der Waals surface area contributed by atoms with Crippen molar-refractivity contribution in [1.82, 2.24) is 4.57 Å². The van der Waals surface area contributed by atoms with Crippen LogP contribution in [-0.2, 0) is 13.0 Å². The van der Waals surface area contributed by atoms with Crippen LogP contribution in [0.15, 0.2) is 36.4 Å². The van der Waals surface area contributed by atoms with Crippen LogP contribution in [0.2, 0.25) is 0 Å². The topological polar surface area (TPSA) is 89.5 Å². The molecular formula is C25H23N3O4. The van der Waals surface area contributed by atoms with Crippen molar-refractivity contribution in [3.63, 3.8) is 0 Å². The van der Waals surface area contributed by atoms with E-state index < -0.39 is 0 Å². The number of ether oxygens (including phenoxy) is 4. The smallest absolute Gasteiger partial charge is 0.231 e. The van der Waals surface area contributed by atoms with Gasteiger partial charge in [0.1, 0.15) is 17.1 Å². The first kappa shape index (κ1) is 20.0. The maximum absolute atomic E-state index is 9.91. The molecule has 0 saturated carbocycles. The van der Waals surface area contributed by atoms with Crippen molar-refractivity contribution in [1.29, 1.82) is 10.7 Å². The lowest BCUT2D eigenvalue weighted by Crippen LogP contribution is -2.28. The van der Waals surface area contributed by atoms with Crippen LogP contribution >= 0.6 is 0 Å². The second kappa shape index (κ2) is 7.65. The summed E-state index contributed by atoms with van der Waals surface area (Å²) in [7, 11) is 1.59. The van der Waals surface area contributed by atoms with Crippen molar-refractivity contribution in [2.24, 2.45) is 0 Å². The second-order valence-electron chi connectivity index (χ2n) is 8.08. The number of nitrogens with one attached hydrogen (secondary N) is 1. The molecular weight excluding hydrogens is 406 g/mol. The van der Waals surface area contributed by atoms with Crippen LogP contribution in [-0.4, -0.2) is 24.6 Å². The maximum atomic E-state index is 9.91. The normalized spacial score (nSPS) is 13.3. The highest BCUT2D eigenvalue weighted by atomic mass is 16.7. The minimum atomic E-state index is 0.00818. The molecule has 0 saturated heterocycles. The van der Waals surface area contributed by atoms with Crippen LogP contribution in [0.4, 0.5) is 0 Å². The average molecular weight is 429 g/mol. The summed E-state index contributed by atoms with van der Waals surface area (Å²) in [6, 6.07) is 13.8. The van der Waals surface area contributed by atoms with Gasteiger partial charge in [-0.1, -0.05) is 6.07 Å². The van der Waals surface area contributed by atoms with E-state index in [0.717, 1.165) is 34.6 Å². The van der Waals surface area contributed by atoms with Crippen molar-refractivity contribution in [2.75, 3.05) is 13.9 Å². The van der Waals surface area contributed by atoms with E-state index in [1.165, 1.54) is 0 Å². The van der Waals surface area contributed by atoms with Crippen LogP contribution in [0.5, 0.6) is 23.0 Å². The Hall–Kier alpha value is -3.92. The Morgan fingerprint density at radius 3 is 2.56 bits per heavy atom. The molecule has 1 aromatic heterocycles. The Labute approximate surface area is 185 Å². The quantitative estimate of drug-likeness (QED) is 0.670. The van der Waals surface area contributed by atoms with Crippen LogP contribution in [0.3, 0.4) is 0 Å². The van der Waals surface area contributed by atoms with E-state index in [0.29, 0.717) is 34.9 Å². The molecule has 0 aliphatic carbocycles. The molecule has 7 nitrogen and oxygen atoms in total. The van der Waals surface area contributed by atoms with E-state index in [4.69, 9.17) is 24.4 Å². The summed E-state index contributed by atoms with van der Waals surface area (Å²) in [5.41, 5.74) is 5.02. The van der Waals surface area contributed by atoms with Crippen molar-refractivity contribution in [2.45, 2.75) is 32.9 Å². The molecule has 0 bridgehead atoms. The number of aryl methyl sites for hydroxylation is 1. The van der Waals surface area contributed by atoms with E-state index in [1.54, 1.807) is 7.11 Å². The SMILES string of the molecule is COc1cc(-c2cc3n(c(=N)c2C#N)CCc2cc4c(cc2-3)OCO4)ccc1OC(C)C. The van der Waals surface area contributed by atoms with Gasteiger partial charge in [-0.15, -0.1) is 0 Å². The molecule has 2 aromatic carbocycles. The first-order chi connectivity index (χ1) is 15.5. The predicted molar refractivity (Wildman–Crippen MR) is 118 cm³/mol. The molecule has 0 atom stereocenters. The number of rotatable bonds is 4. The van der Waals surface area contributed by atoms with Gasteiger partial charge in [-0.2, -0.15) is 5.26 Å². The van der Waals surface area contributed by atoms with E-state index in [-0.39, 0.29) is 18.4 Å². The largest absolute Gasteiger partial charge is 0.493 e. The van der Waals surface area contributed by atoms with Gasteiger partial charge in [0.25, 0.3) is 0 Å². The molecule has 0 unspecified atom stereocenters. The highest BCUT2D eigenvalue weighted by Gasteiger charge is 2.25. The Bertz CT molecular complexity index is 1330. The molecule has 162 valence electrons. The summed E-state index contributed by atoms with van der Waals surface area (Å²) >= 11 is 0. The van der Waals surface area contributed by atoms with Gasteiger partial charge in [0.15, 0.2) is 23.0 Å². The van der Waals surface area contributed by atoms with Gasteiger partial charge in [0.2, 0.25) is 6.79 Å². The summed E-state index contributed by atoms with van der Waals surface area (Å²) in [5.74, 6) is 2.68. The van der Waals surface area contributed by atoms with Gasteiger partial charge >= 0.3 is 0 Å². The van der Waals surface area contributed by atoms with Crippen LogP contribution in [0, 0.1) is 16.7 Å². The summed E-state index contributed by atoms with van der Waals surface area (Å²) < 4.78 is 24.4. The van der Waals surface area contributed by atoms with Crippen molar-refractivity contribution < 1.29 is 18.9 Å². The Morgan fingerprint density at radius 1 is 1.06 bits per heavy atom. The molecule has 2 aliphatic rings. The number of pyridine rings is 1. The third-order valence-electron chi connectivity index (χ3n) is 5.78. The van der Waals surface area contributed by atoms with E-state index in [1.807, 2.05) is 54.8 Å². The molecule has 0 radical (unpaired) electrons. The molecule has 3 heterocycles. The first-order valence-corrected chi connectivity index (χ1v) is 10.5. The molecule has 0 amide bonds. The van der Waals surface area contributed by atoms with Crippen molar-refractivity contribution >= 4 is 0 Å². The molecule has 32 heavy (non-hydrogen) atoms. The zero-order chi connectivity index (χ0) is 22.4. The van der Waals surface area contributed by atoms with Crippen molar-refractivity contribution in [3.05, 3.63) is 53.0 Å². The minimum absolute atomic E-state index is 0.00818. The molecule has 7 heteroatoms. The lowest BCUT2D eigenvalue weighted by molar-refractivity contribution is 0.174. The summed E-state index contributed by atoms with van der Waals surface area (Å²) in [5, 5.41) is 18.7. The fraction of sp³-hybridized carbons (Fsp3) is 0.280. The minimum Gasteiger partial charge on any atom is -0.493 e. The number of hydrogen-bond acceptors (Lipinski definition) is 6. The van der Waals surface area contributed by atoms with Crippen LogP contribution < -0.4 is 24.4 Å². The number of fused-ring (bicyclic) bond motifs is 4. The summed E-state index contributed by atoms with van der Waals surface area (Å²) in [6.07, 6.45) is 0.767. The van der Waals surface area contributed by atoms with Gasteiger partial charge < -0.3 is 23.5 Å². The Morgan fingerprint density at radius 2 is 1.84 bits per heavy atom. The maximum Gasteiger partial charge on any atom is 0.231 e. The molecule has 0 fully saturated rings. The van der Waals surface area contributed by atoms with Gasteiger partial charge in [-0.05, 0) is 61.7 Å². The molecule has 1 N–H and O–H groups in total. The molecule has 3 aromatic rings. The molecule has 5 rings (SSSR count). The highest BCUT2D eigenvalue weighted by molar-refractivity contribution is 5.79. The number of aromatic nitrogens is 1. The zero-order valence-corrected chi connectivity index (χ0v) is 18.2. The predicted octanol–water partition coefficient (Wildman–Crippen LogP) is 4.25. The van der Waals surface area contributed by atoms with E-state index in [9.17, 15) is 5.26 Å². The fourth-order valence-electron chi connectivity index (χ4n) is 4.31. The lowest BCUT2D eigenvalue weighted by Gasteiger charge is -2.25.